The number of hydrogen-bond acceptors (Lipinski definition) is 5. The highest BCUT2D eigenvalue weighted by atomic mass is 35.5. The Labute approximate surface area is 162 Å². The molecule has 0 aliphatic carbocycles. The maximum atomic E-state index is 12.2. The summed E-state index contributed by atoms with van der Waals surface area (Å²) in [6.45, 7) is 5.84. The van der Waals surface area contributed by atoms with Crippen molar-refractivity contribution in [1.82, 2.24) is 15.5 Å². The van der Waals surface area contributed by atoms with Gasteiger partial charge in [0, 0.05) is 10.6 Å². The molecule has 140 valence electrons. The Bertz CT molecular complexity index is 938. The van der Waals surface area contributed by atoms with Crippen LogP contribution in [0.4, 0.5) is 0 Å². The molecule has 1 heterocycles. The number of nitrogens with one attached hydrogen (secondary N) is 1. The average molecular weight is 386 g/mol. The Balaban J connectivity index is 1.55. The fraction of sp³-hybridized carbons (Fsp3) is 0.250. The molecule has 1 N–H and O–H groups in total. The van der Waals surface area contributed by atoms with Gasteiger partial charge in [0.05, 0.1) is 6.54 Å². The predicted molar refractivity (Wildman–Crippen MR) is 103 cm³/mol. The number of rotatable bonds is 6. The zero-order valence-corrected chi connectivity index (χ0v) is 16.1. The molecule has 0 aliphatic rings. The van der Waals surface area contributed by atoms with Crippen LogP contribution in [0.25, 0.3) is 11.4 Å². The normalized spacial score (nSPS) is 11.9. The minimum Gasteiger partial charge on any atom is -0.481 e. The zero-order valence-electron chi connectivity index (χ0n) is 15.3. The number of carbonyl (C=O) groups excluding carboxylic acids is 1. The molecule has 0 unspecified atom stereocenters. The minimum absolute atomic E-state index is 0.125. The lowest BCUT2D eigenvalue weighted by Crippen LogP contribution is -2.36. The number of hydrogen-bond donors (Lipinski definition) is 1. The van der Waals surface area contributed by atoms with E-state index < -0.39 is 6.10 Å². The zero-order chi connectivity index (χ0) is 19.4. The van der Waals surface area contributed by atoms with Gasteiger partial charge in [-0.2, -0.15) is 4.98 Å². The molecule has 7 heteroatoms. The van der Waals surface area contributed by atoms with Crippen molar-refractivity contribution >= 4 is 17.5 Å². The van der Waals surface area contributed by atoms with Gasteiger partial charge in [-0.3, -0.25) is 4.79 Å². The average Bonchev–Trinajstić information content (AvgIpc) is 3.12. The second-order valence-corrected chi connectivity index (χ2v) is 6.68. The lowest BCUT2D eigenvalue weighted by atomic mass is 10.1. The molecule has 0 aliphatic heterocycles. The summed E-state index contributed by atoms with van der Waals surface area (Å²) in [5.74, 6) is 1.14. The number of aryl methyl sites for hydroxylation is 2. The van der Waals surface area contributed by atoms with Crippen molar-refractivity contribution in [3.05, 3.63) is 64.5 Å². The number of carbonyl (C=O) groups is 1. The Morgan fingerprint density at radius 1 is 1.19 bits per heavy atom. The first-order valence-corrected chi connectivity index (χ1v) is 8.90. The Hall–Kier alpha value is -2.86. The number of ether oxygens (including phenoxy) is 1. The van der Waals surface area contributed by atoms with E-state index in [1.54, 1.807) is 31.2 Å². The van der Waals surface area contributed by atoms with Crippen LogP contribution in [0.5, 0.6) is 5.75 Å². The predicted octanol–water partition coefficient (Wildman–Crippen LogP) is 4.09. The van der Waals surface area contributed by atoms with Gasteiger partial charge in [0.15, 0.2) is 6.10 Å². The van der Waals surface area contributed by atoms with Crippen LogP contribution in [0.1, 0.15) is 23.9 Å². The second kappa shape index (κ2) is 8.22. The van der Waals surface area contributed by atoms with E-state index in [1.807, 2.05) is 32.0 Å². The van der Waals surface area contributed by atoms with Crippen molar-refractivity contribution in [3.8, 4) is 17.1 Å². The SMILES string of the molecule is Cc1ccc(O[C@H](C)C(=O)NCc2nc(-c3ccc(Cl)cc3)no2)cc1C. The van der Waals surface area contributed by atoms with Crippen molar-refractivity contribution in [2.75, 3.05) is 0 Å². The van der Waals surface area contributed by atoms with Gasteiger partial charge in [0.1, 0.15) is 5.75 Å². The highest BCUT2D eigenvalue weighted by Crippen LogP contribution is 2.19. The molecule has 6 nitrogen and oxygen atoms in total. The summed E-state index contributed by atoms with van der Waals surface area (Å²) in [4.78, 5) is 16.5. The highest BCUT2D eigenvalue weighted by Gasteiger charge is 2.16. The third-order valence-corrected chi connectivity index (χ3v) is 4.40. The summed E-state index contributed by atoms with van der Waals surface area (Å²) in [5, 5.41) is 7.28. The summed E-state index contributed by atoms with van der Waals surface area (Å²) in [6, 6.07) is 12.8. The van der Waals surface area contributed by atoms with E-state index in [0.717, 1.165) is 11.1 Å². The molecule has 0 saturated carbocycles. The van der Waals surface area contributed by atoms with E-state index in [-0.39, 0.29) is 12.5 Å². The summed E-state index contributed by atoms with van der Waals surface area (Å²) in [5.41, 5.74) is 3.07. The number of nitrogens with zero attached hydrogens (tertiary/aromatic N) is 2. The van der Waals surface area contributed by atoms with Crippen LogP contribution in [0.3, 0.4) is 0 Å². The Kier molecular flexibility index (Phi) is 5.76. The molecule has 1 atom stereocenters. The fourth-order valence-electron chi connectivity index (χ4n) is 2.39. The smallest absolute Gasteiger partial charge is 0.261 e. The molecule has 1 aromatic heterocycles. The van der Waals surface area contributed by atoms with Crippen molar-refractivity contribution < 1.29 is 14.1 Å². The maximum Gasteiger partial charge on any atom is 0.261 e. The van der Waals surface area contributed by atoms with Crippen LogP contribution in [0, 0.1) is 13.8 Å². The Morgan fingerprint density at radius 3 is 2.63 bits per heavy atom. The van der Waals surface area contributed by atoms with Crippen molar-refractivity contribution in [3.63, 3.8) is 0 Å². The van der Waals surface area contributed by atoms with Gasteiger partial charge in [-0.1, -0.05) is 22.8 Å². The van der Waals surface area contributed by atoms with E-state index in [9.17, 15) is 4.79 Å². The second-order valence-electron chi connectivity index (χ2n) is 6.24. The van der Waals surface area contributed by atoms with Crippen LogP contribution in [0.2, 0.25) is 5.02 Å². The number of benzene rings is 2. The molecule has 2 aromatic carbocycles. The van der Waals surface area contributed by atoms with E-state index in [0.29, 0.717) is 22.5 Å². The van der Waals surface area contributed by atoms with Gasteiger partial charge in [-0.25, -0.2) is 0 Å². The van der Waals surface area contributed by atoms with Crippen molar-refractivity contribution in [2.45, 2.75) is 33.4 Å². The van der Waals surface area contributed by atoms with Gasteiger partial charge in [0.25, 0.3) is 5.91 Å². The topological polar surface area (TPSA) is 77.2 Å². The summed E-state index contributed by atoms with van der Waals surface area (Å²) < 4.78 is 10.9. The summed E-state index contributed by atoms with van der Waals surface area (Å²) in [6.07, 6.45) is -0.647. The van der Waals surface area contributed by atoms with E-state index in [1.165, 1.54) is 5.56 Å². The van der Waals surface area contributed by atoms with Crippen molar-refractivity contribution in [2.24, 2.45) is 0 Å². The van der Waals surface area contributed by atoms with Crippen LogP contribution >= 0.6 is 11.6 Å². The quantitative estimate of drug-likeness (QED) is 0.691. The molecular weight excluding hydrogens is 366 g/mol. The lowest BCUT2D eigenvalue weighted by molar-refractivity contribution is -0.127. The largest absolute Gasteiger partial charge is 0.481 e. The molecule has 1 amide bonds. The fourth-order valence-corrected chi connectivity index (χ4v) is 2.52. The molecule has 3 rings (SSSR count). The number of halogens is 1. The molecule has 0 fully saturated rings. The maximum absolute atomic E-state index is 12.2. The number of amides is 1. The van der Waals surface area contributed by atoms with E-state index in [2.05, 4.69) is 15.5 Å². The van der Waals surface area contributed by atoms with Crippen LogP contribution < -0.4 is 10.1 Å². The van der Waals surface area contributed by atoms with E-state index in [4.69, 9.17) is 20.9 Å². The van der Waals surface area contributed by atoms with Crippen molar-refractivity contribution in [1.29, 1.82) is 0 Å². The van der Waals surface area contributed by atoms with Gasteiger partial charge in [-0.05, 0) is 68.3 Å². The first kappa shape index (κ1) is 18.9. The third kappa shape index (κ3) is 4.86. The van der Waals surface area contributed by atoms with Gasteiger partial charge in [0.2, 0.25) is 11.7 Å². The first-order valence-electron chi connectivity index (χ1n) is 8.52. The summed E-state index contributed by atoms with van der Waals surface area (Å²) in [7, 11) is 0. The molecule has 0 saturated heterocycles. The van der Waals surface area contributed by atoms with Gasteiger partial charge < -0.3 is 14.6 Å². The van der Waals surface area contributed by atoms with Crippen LogP contribution in [-0.2, 0) is 11.3 Å². The standard InChI is InChI=1S/C20H20ClN3O3/c1-12-4-9-17(10-13(12)2)26-14(3)20(25)22-11-18-23-19(24-27-18)15-5-7-16(21)8-6-15/h4-10,14H,11H2,1-3H3,(H,22,25)/t14-/m1/s1. The van der Waals surface area contributed by atoms with E-state index >= 15 is 0 Å². The molecule has 3 aromatic rings. The molecule has 27 heavy (non-hydrogen) atoms. The van der Waals surface area contributed by atoms with Gasteiger partial charge in [-0.15, -0.1) is 0 Å². The van der Waals surface area contributed by atoms with Crippen LogP contribution in [-0.4, -0.2) is 22.2 Å². The highest BCUT2D eigenvalue weighted by molar-refractivity contribution is 6.30. The minimum atomic E-state index is -0.647. The molecule has 0 bridgehead atoms. The van der Waals surface area contributed by atoms with Gasteiger partial charge >= 0.3 is 0 Å². The first-order chi connectivity index (χ1) is 12.9. The summed E-state index contributed by atoms with van der Waals surface area (Å²) >= 11 is 5.87. The molecule has 0 spiro atoms. The molecule has 0 radical (unpaired) electrons. The number of aromatic nitrogens is 2. The molecular formula is C20H20ClN3O3. The lowest BCUT2D eigenvalue weighted by Gasteiger charge is -2.15. The van der Waals surface area contributed by atoms with Crippen LogP contribution in [0.15, 0.2) is 47.0 Å². The Morgan fingerprint density at radius 2 is 1.93 bits per heavy atom. The monoisotopic (exact) mass is 385 g/mol. The third-order valence-electron chi connectivity index (χ3n) is 4.14.